The maximum absolute atomic E-state index is 13.0. The lowest BCUT2D eigenvalue weighted by Gasteiger charge is -2.48. The van der Waals surface area contributed by atoms with Gasteiger partial charge in [0.05, 0.1) is 12.6 Å². The summed E-state index contributed by atoms with van der Waals surface area (Å²) >= 11 is 0. The van der Waals surface area contributed by atoms with Crippen LogP contribution in [0.4, 0.5) is 0 Å². The molecule has 0 radical (unpaired) electrons. The van der Waals surface area contributed by atoms with Crippen molar-refractivity contribution in [3.8, 4) is 0 Å². The van der Waals surface area contributed by atoms with E-state index in [2.05, 4.69) is 12.1 Å². The molecule has 0 N–H and O–H groups in total. The van der Waals surface area contributed by atoms with Gasteiger partial charge in [-0.05, 0) is 30.4 Å². The Bertz CT molecular complexity index is 838. The van der Waals surface area contributed by atoms with Crippen LogP contribution in [0.1, 0.15) is 36.5 Å². The molecule has 5 atom stereocenters. The molecule has 4 rings (SSSR count). The number of esters is 1. The van der Waals surface area contributed by atoms with E-state index in [1.807, 2.05) is 19.9 Å². The summed E-state index contributed by atoms with van der Waals surface area (Å²) in [5.74, 6) is -0.747. The van der Waals surface area contributed by atoms with Crippen LogP contribution < -0.4 is 0 Å². The lowest BCUT2D eigenvalue weighted by atomic mass is 9.72. The van der Waals surface area contributed by atoms with Crippen molar-refractivity contribution in [3.05, 3.63) is 45.0 Å². The topological polar surface area (TPSA) is 89.7 Å². The van der Waals surface area contributed by atoms with E-state index < -0.39 is 17.6 Å². The van der Waals surface area contributed by atoms with Crippen LogP contribution in [0, 0.1) is 34.8 Å². The highest BCUT2D eigenvalue weighted by Gasteiger charge is 2.67. The van der Waals surface area contributed by atoms with Gasteiger partial charge in [0.25, 0.3) is 0 Å². The Morgan fingerprint density at radius 1 is 1.41 bits per heavy atom. The smallest absolute Gasteiger partial charge is 0.328 e. The minimum Gasteiger partial charge on any atom is -0.467 e. The number of ether oxygens (including phenoxy) is 1. The largest absolute Gasteiger partial charge is 0.467 e. The minimum atomic E-state index is -0.664. The summed E-state index contributed by atoms with van der Waals surface area (Å²) in [7, 11) is 1.34. The summed E-state index contributed by atoms with van der Waals surface area (Å²) in [6.45, 7) is 3.89. The van der Waals surface area contributed by atoms with Gasteiger partial charge in [0.1, 0.15) is 6.04 Å². The molecule has 2 aliphatic heterocycles. The van der Waals surface area contributed by atoms with Gasteiger partial charge in [-0.1, -0.05) is 30.7 Å². The molecule has 7 nitrogen and oxygen atoms in total. The maximum Gasteiger partial charge on any atom is 0.328 e. The van der Waals surface area contributed by atoms with Crippen LogP contribution in [0.2, 0.25) is 0 Å². The summed E-state index contributed by atoms with van der Waals surface area (Å²) in [6, 6.07) is 5.49. The van der Waals surface area contributed by atoms with Gasteiger partial charge >= 0.3 is 5.97 Å². The van der Waals surface area contributed by atoms with Crippen LogP contribution in [0.25, 0.3) is 0 Å². The number of hydrogen-bond donors (Lipinski definition) is 0. The van der Waals surface area contributed by atoms with Gasteiger partial charge in [-0.15, -0.1) is 0 Å². The molecule has 0 unspecified atom stereocenters. The number of rotatable bonds is 3. The number of nitro groups is 1. The van der Waals surface area contributed by atoms with Crippen molar-refractivity contribution in [1.82, 2.24) is 4.90 Å². The van der Waals surface area contributed by atoms with E-state index in [4.69, 9.17) is 4.74 Å². The molecule has 27 heavy (non-hydrogen) atoms. The molecule has 1 saturated carbocycles. The molecule has 1 spiro atoms. The first kappa shape index (κ1) is 17.9. The molecule has 2 heterocycles. The fourth-order valence-electron chi connectivity index (χ4n) is 5.96. The fourth-order valence-corrected chi connectivity index (χ4v) is 5.96. The second-order valence-electron chi connectivity index (χ2n) is 8.26. The second kappa shape index (κ2) is 6.04. The minimum absolute atomic E-state index is 0.0955. The van der Waals surface area contributed by atoms with Crippen molar-refractivity contribution < 1.29 is 19.2 Å². The quantitative estimate of drug-likeness (QED) is 0.460. The summed E-state index contributed by atoms with van der Waals surface area (Å²) < 4.78 is 5.01. The van der Waals surface area contributed by atoms with Gasteiger partial charge in [-0.25, -0.2) is 4.79 Å². The predicted octanol–water partition coefficient (Wildman–Crippen LogP) is 2.07. The highest BCUT2D eigenvalue weighted by molar-refractivity contribution is 5.89. The van der Waals surface area contributed by atoms with Gasteiger partial charge in [0, 0.05) is 29.6 Å². The zero-order valence-electron chi connectivity index (χ0n) is 15.8. The number of nitrogens with zero attached hydrogens (tertiary/aromatic N) is 2. The third-order valence-corrected chi connectivity index (χ3v) is 6.87. The molecular weight excluding hydrogens is 348 g/mol. The van der Waals surface area contributed by atoms with Crippen LogP contribution >= 0.6 is 0 Å². The van der Waals surface area contributed by atoms with Crippen LogP contribution in [0.5, 0.6) is 0 Å². The number of aryl methyl sites for hydroxylation is 1. The van der Waals surface area contributed by atoms with Crippen LogP contribution in [0.15, 0.2) is 18.2 Å². The van der Waals surface area contributed by atoms with Crippen molar-refractivity contribution in [2.45, 2.75) is 44.7 Å². The van der Waals surface area contributed by atoms with Gasteiger partial charge in [-0.2, -0.15) is 0 Å². The highest BCUT2D eigenvalue weighted by Crippen LogP contribution is 2.61. The first-order valence-electron chi connectivity index (χ1n) is 9.41. The summed E-state index contributed by atoms with van der Waals surface area (Å²) in [5.41, 5.74) is 2.56. The molecule has 3 aliphatic rings. The van der Waals surface area contributed by atoms with Crippen LogP contribution in [-0.2, 0) is 26.3 Å². The number of fused-ring (bicyclic) bond motifs is 1. The van der Waals surface area contributed by atoms with Crippen molar-refractivity contribution in [3.63, 3.8) is 0 Å². The molecule has 1 saturated heterocycles. The first-order chi connectivity index (χ1) is 12.8. The summed E-state index contributed by atoms with van der Waals surface area (Å²) in [4.78, 5) is 38.3. The maximum atomic E-state index is 13.0. The molecule has 1 aromatic rings. The zero-order valence-corrected chi connectivity index (χ0v) is 15.8. The Balaban J connectivity index is 1.91. The number of hydrogen-bond acceptors (Lipinski definition) is 5. The van der Waals surface area contributed by atoms with E-state index in [9.17, 15) is 19.7 Å². The number of carbonyl (C=O) groups excluding carboxylic acids is 2. The normalized spacial score (nSPS) is 34.0. The number of amides is 1. The van der Waals surface area contributed by atoms with E-state index in [1.54, 1.807) is 4.90 Å². The second-order valence-corrected chi connectivity index (χ2v) is 8.26. The molecular formula is C20H24N2O5. The highest BCUT2D eigenvalue weighted by atomic mass is 16.6. The Labute approximate surface area is 157 Å². The summed E-state index contributed by atoms with van der Waals surface area (Å²) in [5, 5.41) is 11.3. The predicted molar refractivity (Wildman–Crippen MR) is 96.5 cm³/mol. The third-order valence-electron chi connectivity index (χ3n) is 6.87. The van der Waals surface area contributed by atoms with Crippen molar-refractivity contribution in [1.29, 1.82) is 0 Å². The molecule has 144 valence electrons. The Morgan fingerprint density at radius 3 is 2.81 bits per heavy atom. The van der Waals surface area contributed by atoms with Gasteiger partial charge in [0.15, 0.2) is 0 Å². The van der Waals surface area contributed by atoms with Crippen molar-refractivity contribution in [2.75, 3.05) is 13.7 Å². The van der Waals surface area contributed by atoms with E-state index >= 15 is 0 Å². The van der Waals surface area contributed by atoms with Crippen molar-refractivity contribution in [2.24, 2.45) is 17.8 Å². The zero-order chi connectivity index (χ0) is 19.5. The molecule has 7 heteroatoms. The number of benzene rings is 1. The lowest BCUT2D eigenvalue weighted by molar-refractivity contribution is -0.491. The average Bonchev–Trinajstić information content (AvgIpc) is 3.03. The Morgan fingerprint density at radius 2 is 2.15 bits per heavy atom. The molecule has 0 bridgehead atoms. The monoisotopic (exact) mass is 372 g/mol. The Hall–Kier alpha value is -2.44. The Kier molecular flexibility index (Phi) is 4.01. The fraction of sp³-hybridized carbons (Fsp3) is 0.600. The number of carbonyl (C=O) groups is 2. The van der Waals surface area contributed by atoms with Gasteiger partial charge < -0.3 is 9.64 Å². The van der Waals surface area contributed by atoms with Crippen LogP contribution in [0.3, 0.4) is 0 Å². The van der Waals surface area contributed by atoms with Gasteiger partial charge in [-0.3, -0.25) is 14.9 Å². The average molecular weight is 372 g/mol. The van der Waals surface area contributed by atoms with Crippen molar-refractivity contribution >= 4 is 11.9 Å². The standard InChI is InChI=1S/C20H24N2O5/c1-11-4-5-15-13(6-11)7-17(19(24)27-3)22-18(23)8-16-14(10-21(25)26)12(2)9-20(15,16)22/h4-6,12,14,16-17H,7-10H2,1-3H3/t12-,14+,16-,17-,20-/m0/s1. The van der Waals surface area contributed by atoms with Crippen LogP contribution in [-0.4, -0.2) is 41.4 Å². The van der Waals surface area contributed by atoms with E-state index in [1.165, 1.54) is 7.11 Å². The molecule has 1 aromatic carbocycles. The number of methoxy groups -OCH3 is 1. The molecule has 0 aromatic heterocycles. The van der Waals surface area contributed by atoms with Gasteiger partial charge in [0.2, 0.25) is 12.5 Å². The summed E-state index contributed by atoms with van der Waals surface area (Å²) in [6.07, 6.45) is 1.33. The first-order valence-corrected chi connectivity index (χ1v) is 9.41. The molecule has 1 amide bonds. The van der Waals surface area contributed by atoms with E-state index in [-0.39, 0.29) is 41.5 Å². The lowest BCUT2D eigenvalue weighted by Crippen LogP contribution is -2.57. The SMILES string of the molecule is COC(=O)[C@@H]1Cc2cc(C)ccc2[C@@]23C[C@H](C)[C@@H](C[N+](=O)[O-])[C@@H]2CC(=O)N13. The third kappa shape index (κ3) is 2.40. The van der Waals surface area contributed by atoms with E-state index in [0.717, 1.165) is 16.7 Å². The molecule has 1 aliphatic carbocycles. The molecule has 2 fully saturated rings. The van der Waals surface area contributed by atoms with E-state index in [0.29, 0.717) is 12.8 Å².